The zero-order valence-electron chi connectivity index (χ0n) is 13.7. The van der Waals surface area contributed by atoms with E-state index in [9.17, 15) is 4.79 Å². The van der Waals surface area contributed by atoms with Gasteiger partial charge in [0.1, 0.15) is 0 Å². The van der Waals surface area contributed by atoms with Gasteiger partial charge in [-0.05, 0) is 29.4 Å². The van der Waals surface area contributed by atoms with Gasteiger partial charge in [-0.3, -0.25) is 4.79 Å². The lowest BCUT2D eigenvalue weighted by Crippen LogP contribution is -2.43. The number of benzene rings is 2. The van der Waals surface area contributed by atoms with Crippen LogP contribution in [0, 0.1) is 5.41 Å². The molecule has 0 aromatic heterocycles. The van der Waals surface area contributed by atoms with Crippen molar-refractivity contribution in [2.75, 3.05) is 0 Å². The molecule has 0 radical (unpaired) electrons. The van der Waals surface area contributed by atoms with Crippen LogP contribution in [0.2, 0.25) is 0 Å². The molecule has 0 aliphatic rings. The van der Waals surface area contributed by atoms with Gasteiger partial charge in [-0.2, -0.15) is 0 Å². The van der Waals surface area contributed by atoms with E-state index in [1.807, 2.05) is 60.7 Å². The number of hydrogen-bond donors (Lipinski definition) is 1. The first-order chi connectivity index (χ1) is 10.4. The number of nitrogens with two attached hydrogens (primary N) is 1. The van der Waals surface area contributed by atoms with Crippen LogP contribution in [0.1, 0.15) is 44.7 Å². The van der Waals surface area contributed by atoms with E-state index in [1.54, 1.807) is 0 Å². The first-order valence-corrected chi connectivity index (χ1v) is 7.77. The fourth-order valence-electron chi connectivity index (χ4n) is 2.87. The summed E-state index contributed by atoms with van der Waals surface area (Å²) in [6.45, 7) is 6.57. The first-order valence-electron chi connectivity index (χ1n) is 7.77. The van der Waals surface area contributed by atoms with Gasteiger partial charge in [0.05, 0.1) is 5.41 Å². The average molecular weight is 295 g/mol. The molecular formula is C20H25NO. The van der Waals surface area contributed by atoms with Crippen molar-refractivity contribution in [3.63, 3.8) is 0 Å². The highest BCUT2D eigenvalue weighted by molar-refractivity contribution is 5.90. The van der Waals surface area contributed by atoms with Crippen LogP contribution in [0.25, 0.3) is 0 Å². The van der Waals surface area contributed by atoms with E-state index in [0.717, 1.165) is 17.5 Å². The van der Waals surface area contributed by atoms with Crippen LogP contribution in [-0.4, -0.2) is 5.91 Å². The molecule has 2 rings (SSSR count). The zero-order chi connectivity index (χ0) is 16.2. The molecule has 0 heterocycles. The van der Waals surface area contributed by atoms with Gasteiger partial charge in [0.2, 0.25) is 5.91 Å². The molecule has 0 atom stereocenters. The Kier molecular flexibility index (Phi) is 4.70. The quantitative estimate of drug-likeness (QED) is 0.878. The highest BCUT2D eigenvalue weighted by Gasteiger charge is 2.40. The summed E-state index contributed by atoms with van der Waals surface area (Å²) in [5, 5.41) is 0. The third-order valence-corrected chi connectivity index (χ3v) is 4.20. The highest BCUT2D eigenvalue weighted by atomic mass is 16.1. The van der Waals surface area contributed by atoms with Gasteiger partial charge in [-0.1, -0.05) is 81.4 Å². The summed E-state index contributed by atoms with van der Waals surface area (Å²) in [5.41, 5.74) is 7.24. The number of amides is 1. The summed E-state index contributed by atoms with van der Waals surface area (Å²) < 4.78 is 0. The molecule has 0 spiro atoms. The van der Waals surface area contributed by atoms with Crippen LogP contribution in [0.3, 0.4) is 0 Å². The van der Waals surface area contributed by atoms with Gasteiger partial charge >= 0.3 is 0 Å². The molecule has 22 heavy (non-hydrogen) atoms. The predicted octanol–water partition coefficient (Wildman–Crippen LogP) is 4.28. The van der Waals surface area contributed by atoms with Crippen LogP contribution < -0.4 is 5.73 Å². The summed E-state index contributed by atoms with van der Waals surface area (Å²) in [4.78, 5) is 12.6. The van der Waals surface area contributed by atoms with Crippen LogP contribution in [-0.2, 0) is 10.2 Å². The molecule has 0 aliphatic carbocycles. The van der Waals surface area contributed by atoms with Gasteiger partial charge in [-0.15, -0.1) is 0 Å². The number of carbonyl (C=O) groups is 1. The molecule has 0 saturated carbocycles. The van der Waals surface area contributed by atoms with E-state index in [4.69, 9.17) is 5.73 Å². The molecule has 2 N–H and O–H groups in total. The van der Waals surface area contributed by atoms with Crippen LogP contribution in [0.15, 0.2) is 60.7 Å². The van der Waals surface area contributed by atoms with Crippen LogP contribution in [0.5, 0.6) is 0 Å². The second-order valence-corrected chi connectivity index (χ2v) is 7.06. The smallest absolute Gasteiger partial charge is 0.232 e. The largest absolute Gasteiger partial charge is 0.369 e. The molecular weight excluding hydrogens is 270 g/mol. The molecule has 2 aromatic carbocycles. The molecule has 0 saturated heterocycles. The molecule has 1 amide bonds. The average Bonchev–Trinajstić information content (AvgIpc) is 2.49. The summed E-state index contributed by atoms with van der Waals surface area (Å²) in [6.07, 6.45) is 1.62. The van der Waals surface area contributed by atoms with E-state index in [2.05, 4.69) is 20.8 Å². The van der Waals surface area contributed by atoms with Crippen molar-refractivity contribution in [3.8, 4) is 0 Å². The lowest BCUT2D eigenvalue weighted by Gasteiger charge is -2.34. The Morgan fingerprint density at radius 2 is 1.23 bits per heavy atom. The maximum atomic E-state index is 12.6. The standard InChI is InChI=1S/C20H25NO/c1-19(2,3)14-15-20(18(21)22,16-10-6-4-7-11-16)17-12-8-5-9-13-17/h4-13H,14-15H2,1-3H3,(H2,21,22). The first kappa shape index (κ1) is 16.3. The Morgan fingerprint density at radius 3 is 1.55 bits per heavy atom. The topological polar surface area (TPSA) is 43.1 Å². The minimum absolute atomic E-state index is 0.143. The molecule has 0 unspecified atom stereocenters. The lowest BCUT2D eigenvalue weighted by molar-refractivity contribution is -0.122. The third-order valence-electron chi connectivity index (χ3n) is 4.20. The van der Waals surface area contributed by atoms with Gasteiger partial charge in [0.25, 0.3) is 0 Å². The number of rotatable bonds is 5. The fraction of sp³-hybridized carbons (Fsp3) is 0.350. The molecule has 2 nitrogen and oxygen atoms in total. The van der Waals surface area contributed by atoms with Gasteiger partial charge in [0, 0.05) is 0 Å². The fourth-order valence-corrected chi connectivity index (χ4v) is 2.87. The Hall–Kier alpha value is -2.09. The third kappa shape index (κ3) is 3.38. The van der Waals surface area contributed by atoms with Crippen molar-refractivity contribution in [2.45, 2.75) is 39.0 Å². The molecule has 0 fully saturated rings. The predicted molar refractivity (Wildman–Crippen MR) is 91.5 cm³/mol. The number of carbonyl (C=O) groups excluding carboxylic acids is 1. The number of primary amides is 1. The Balaban J connectivity index is 2.58. The second kappa shape index (κ2) is 6.35. The minimum atomic E-state index is -0.768. The summed E-state index contributed by atoms with van der Waals surface area (Å²) in [7, 11) is 0. The lowest BCUT2D eigenvalue weighted by atomic mass is 9.68. The van der Waals surface area contributed by atoms with Crippen LogP contribution in [0.4, 0.5) is 0 Å². The van der Waals surface area contributed by atoms with Gasteiger partial charge in [0.15, 0.2) is 0 Å². The van der Waals surface area contributed by atoms with Gasteiger partial charge in [-0.25, -0.2) is 0 Å². The van der Waals surface area contributed by atoms with Crippen molar-refractivity contribution in [3.05, 3.63) is 71.8 Å². The van der Waals surface area contributed by atoms with E-state index in [0.29, 0.717) is 6.42 Å². The molecule has 2 heteroatoms. The Morgan fingerprint density at radius 1 is 0.818 bits per heavy atom. The molecule has 0 bridgehead atoms. The second-order valence-electron chi connectivity index (χ2n) is 7.06. The maximum absolute atomic E-state index is 12.6. The Bertz CT molecular complexity index is 572. The molecule has 2 aromatic rings. The summed E-state index contributed by atoms with van der Waals surface area (Å²) in [6, 6.07) is 19.8. The van der Waals surface area contributed by atoms with E-state index < -0.39 is 5.41 Å². The van der Waals surface area contributed by atoms with E-state index in [1.165, 1.54) is 0 Å². The normalized spacial score (nSPS) is 12.1. The maximum Gasteiger partial charge on any atom is 0.232 e. The van der Waals surface area contributed by atoms with Crippen LogP contribution >= 0.6 is 0 Å². The van der Waals surface area contributed by atoms with Crippen molar-refractivity contribution in [1.82, 2.24) is 0 Å². The van der Waals surface area contributed by atoms with Crippen molar-refractivity contribution < 1.29 is 4.79 Å². The minimum Gasteiger partial charge on any atom is -0.369 e. The summed E-state index contributed by atoms with van der Waals surface area (Å²) in [5.74, 6) is -0.283. The van der Waals surface area contributed by atoms with E-state index in [-0.39, 0.29) is 11.3 Å². The van der Waals surface area contributed by atoms with Crippen molar-refractivity contribution in [1.29, 1.82) is 0 Å². The van der Waals surface area contributed by atoms with E-state index >= 15 is 0 Å². The SMILES string of the molecule is CC(C)(C)CCC(C(N)=O)(c1ccccc1)c1ccccc1. The Labute approximate surface area is 133 Å². The summed E-state index contributed by atoms with van der Waals surface area (Å²) >= 11 is 0. The zero-order valence-corrected chi connectivity index (χ0v) is 13.7. The van der Waals surface area contributed by atoms with Crippen molar-refractivity contribution in [2.24, 2.45) is 11.1 Å². The highest BCUT2D eigenvalue weighted by Crippen LogP contribution is 2.39. The van der Waals surface area contributed by atoms with Crippen molar-refractivity contribution >= 4 is 5.91 Å². The monoisotopic (exact) mass is 295 g/mol. The molecule has 0 aliphatic heterocycles. The number of hydrogen-bond acceptors (Lipinski definition) is 1. The molecule has 116 valence electrons. The van der Waals surface area contributed by atoms with Gasteiger partial charge < -0.3 is 5.73 Å².